The SMILES string of the molecule is Cc1cc(C)cc(C(=O)N(C)C[C@@H](CC=O)c2ccc(Cl)c(Cl)c2)c1. The standard InChI is InChI=1S/C20H21Cl2NO2/c1-13-8-14(2)10-17(9-13)20(25)23(3)12-16(6-7-24)15-4-5-18(21)19(22)11-15/h4-5,7-11,16H,6,12H2,1-3H3/t16-/m1/s1. The van der Waals surface area contributed by atoms with Gasteiger partial charge in [-0.1, -0.05) is 46.5 Å². The van der Waals surface area contributed by atoms with Crippen LogP contribution >= 0.6 is 23.2 Å². The Bertz CT molecular complexity index is 769. The number of carbonyl (C=O) groups is 2. The summed E-state index contributed by atoms with van der Waals surface area (Å²) in [6.07, 6.45) is 1.17. The van der Waals surface area contributed by atoms with Crippen molar-refractivity contribution in [3.05, 3.63) is 68.7 Å². The summed E-state index contributed by atoms with van der Waals surface area (Å²) in [5.41, 5.74) is 3.64. The number of aryl methyl sites for hydroxylation is 2. The lowest BCUT2D eigenvalue weighted by Gasteiger charge is -2.24. The first-order valence-electron chi connectivity index (χ1n) is 8.04. The number of benzene rings is 2. The predicted molar refractivity (Wildman–Crippen MR) is 103 cm³/mol. The van der Waals surface area contributed by atoms with Gasteiger partial charge in [0.25, 0.3) is 5.91 Å². The third-order valence-corrected chi connectivity index (χ3v) is 4.84. The van der Waals surface area contributed by atoms with E-state index in [0.717, 1.165) is 23.0 Å². The van der Waals surface area contributed by atoms with Crippen molar-refractivity contribution in [2.45, 2.75) is 26.2 Å². The molecule has 0 spiro atoms. The second kappa shape index (κ2) is 8.50. The van der Waals surface area contributed by atoms with Gasteiger partial charge in [-0.2, -0.15) is 0 Å². The largest absolute Gasteiger partial charge is 0.341 e. The minimum absolute atomic E-state index is 0.0669. The molecular weight excluding hydrogens is 357 g/mol. The number of carbonyl (C=O) groups excluding carboxylic acids is 2. The molecule has 0 saturated heterocycles. The predicted octanol–water partition coefficient (Wildman–Crippen LogP) is 5.06. The average Bonchev–Trinajstić information content (AvgIpc) is 2.55. The molecule has 0 aliphatic carbocycles. The molecule has 3 nitrogen and oxygen atoms in total. The van der Waals surface area contributed by atoms with Gasteiger partial charge in [0.1, 0.15) is 6.29 Å². The van der Waals surface area contributed by atoms with Crippen LogP contribution in [-0.2, 0) is 4.79 Å². The molecule has 25 heavy (non-hydrogen) atoms. The number of aldehydes is 1. The van der Waals surface area contributed by atoms with Crippen molar-refractivity contribution in [1.82, 2.24) is 4.90 Å². The number of halogens is 2. The van der Waals surface area contributed by atoms with E-state index >= 15 is 0 Å². The first-order valence-corrected chi connectivity index (χ1v) is 8.79. The molecule has 1 amide bonds. The number of hydrogen-bond donors (Lipinski definition) is 0. The van der Waals surface area contributed by atoms with Crippen LogP contribution in [-0.4, -0.2) is 30.7 Å². The third kappa shape index (κ3) is 5.07. The summed E-state index contributed by atoms with van der Waals surface area (Å²) < 4.78 is 0. The van der Waals surface area contributed by atoms with Crippen molar-refractivity contribution in [3.63, 3.8) is 0 Å². The van der Waals surface area contributed by atoms with E-state index in [0.29, 0.717) is 28.6 Å². The number of rotatable bonds is 6. The maximum Gasteiger partial charge on any atom is 0.253 e. The van der Waals surface area contributed by atoms with E-state index < -0.39 is 0 Å². The first kappa shape index (κ1) is 19.5. The molecule has 0 bridgehead atoms. The van der Waals surface area contributed by atoms with Gasteiger partial charge in [0, 0.05) is 31.5 Å². The summed E-state index contributed by atoms with van der Waals surface area (Å²) in [5, 5.41) is 0.910. The molecule has 2 aromatic rings. The van der Waals surface area contributed by atoms with Gasteiger partial charge in [-0.25, -0.2) is 0 Å². The van der Waals surface area contributed by atoms with Crippen molar-refractivity contribution < 1.29 is 9.59 Å². The van der Waals surface area contributed by atoms with Crippen molar-refractivity contribution in [2.24, 2.45) is 0 Å². The maximum atomic E-state index is 12.7. The van der Waals surface area contributed by atoms with Crippen LogP contribution in [0.4, 0.5) is 0 Å². The average molecular weight is 378 g/mol. The summed E-state index contributed by atoms with van der Waals surface area (Å²) in [7, 11) is 1.75. The Hall–Kier alpha value is -1.84. The van der Waals surface area contributed by atoms with Crippen LogP contribution in [0, 0.1) is 13.8 Å². The van der Waals surface area contributed by atoms with Gasteiger partial charge in [0.15, 0.2) is 0 Å². The Balaban J connectivity index is 2.21. The van der Waals surface area contributed by atoms with Gasteiger partial charge in [-0.3, -0.25) is 4.79 Å². The van der Waals surface area contributed by atoms with Crippen molar-refractivity contribution in [1.29, 1.82) is 0 Å². The Morgan fingerprint density at radius 3 is 2.28 bits per heavy atom. The quantitative estimate of drug-likeness (QED) is 0.660. The van der Waals surface area contributed by atoms with Crippen molar-refractivity contribution in [3.8, 4) is 0 Å². The number of hydrogen-bond acceptors (Lipinski definition) is 2. The van der Waals surface area contributed by atoms with E-state index in [4.69, 9.17) is 23.2 Å². The smallest absolute Gasteiger partial charge is 0.253 e. The molecule has 2 rings (SSSR count). The minimum Gasteiger partial charge on any atom is -0.341 e. The zero-order valence-corrected chi connectivity index (χ0v) is 16.1. The number of amides is 1. The monoisotopic (exact) mass is 377 g/mol. The van der Waals surface area contributed by atoms with Gasteiger partial charge in [0.2, 0.25) is 0 Å². The molecule has 0 heterocycles. The fourth-order valence-corrected chi connectivity index (χ4v) is 3.24. The number of nitrogens with zero attached hydrogens (tertiary/aromatic N) is 1. The van der Waals surface area contributed by atoms with Crippen LogP contribution in [0.2, 0.25) is 10.0 Å². The summed E-state index contributed by atoms with van der Waals surface area (Å²) in [4.78, 5) is 25.5. The molecule has 132 valence electrons. The second-order valence-corrected chi connectivity index (χ2v) is 7.15. The van der Waals surface area contributed by atoms with Crippen LogP contribution < -0.4 is 0 Å². The van der Waals surface area contributed by atoms with Gasteiger partial charge in [0.05, 0.1) is 10.0 Å². The highest BCUT2D eigenvalue weighted by atomic mass is 35.5. The van der Waals surface area contributed by atoms with E-state index in [2.05, 4.69) is 0 Å². The zero-order chi connectivity index (χ0) is 18.6. The lowest BCUT2D eigenvalue weighted by Crippen LogP contribution is -2.31. The topological polar surface area (TPSA) is 37.4 Å². The third-order valence-electron chi connectivity index (χ3n) is 4.11. The molecule has 2 aromatic carbocycles. The van der Waals surface area contributed by atoms with Gasteiger partial charge >= 0.3 is 0 Å². The molecule has 0 saturated carbocycles. The molecule has 0 N–H and O–H groups in total. The molecule has 0 aliphatic heterocycles. The van der Waals surface area contributed by atoms with Crippen LogP contribution in [0.3, 0.4) is 0 Å². The Morgan fingerprint density at radius 2 is 1.72 bits per heavy atom. The molecular formula is C20H21Cl2NO2. The highest BCUT2D eigenvalue weighted by molar-refractivity contribution is 6.42. The fourth-order valence-electron chi connectivity index (χ4n) is 2.93. The van der Waals surface area contributed by atoms with Gasteiger partial charge in [-0.05, 0) is 43.7 Å². The van der Waals surface area contributed by atoms with E-state index in [1.165, 1.54) is 0 Å². The Labute approximate surface area is 158 Å². The lowest BCUT2D eigenvalue weighted by molar-refractivity contribution is -0.108. The first-order chi connectivity index (χ1) is 11.8. The van der Waals surface area contributed by atoms with E-state index in [9.17, 15) is 9.59 Å². The summed E-state index contributed by atoms with van der Waals surface area (Å²) >= 11 is 12.0. The summed E-state index contributed by atoms with van der Waals surface area (Å²) in [6.45, 7) is 4.35. The van der Waals surface area contributed by atoms with Crippen molar-refractivity contribution >= 4 is 35.4 Å². The second-order valence-electron chi connectivity index (χ2n) is 6.33. The Morgan fingerprint density at radius 1 is 1.08 bits per heavy atom. The minimum atomic E-state index is -0.132. The molecule has 0 fully saturated rings. The highest BCUT2D eigenvalue weighted by Crippen LogP contribution is 2.28. The highest BCUT2D eigenvalue weighted by Gasteiger charge is 2.19. The van der Waals surface area contributed by atoms with Crippen molar-refractivity contribution in [2.75, 3.05) is 13.6 Å². The van der Waals surface area contributed by atoms with E-state index in [1.54, 1.807) is 24.1 Å². The molecule has 0 aromatic heterocycles. The van der Waals surface area contributed by atoms with Crippen LogP contribution in [0.25, 0.3) is 0 Å². The van der Waals surface area contributed by atoms with E-state index in [-0.39, 0.29) is 11.8 Å². The van der Waals surface area contributed by atoms with Crippen LogP contribution in [0.1, 0.15) is 39.4 Å². The normalized spacial score (nSPS) is 11.9. The van der Waals surface area contributed by atoms with Crippen LogP contribution in [0.15, 0.2) is 36.4 Å². The number of likely N-dealkylation sites (N-methyl/N-ethyl adjacent to an activating group) is 1. The molecule has 0 aliphatic rings. The Kier molecular flexibility index (Phi) is 6.63. The lowest BCUT2D eigenvalue weighted by atomic mass is 9.95. The zero-order valence-electron chi connectivity index (χ0n) is 14.6. The summed E-state index contributed by atoms with van der Waals surface area (Å²) in [5.74, 6) is -0.199. The molecule has 0 radical (unpaired) electrons. The van der Waals surface area contributed by atoms with Crippen LogP contribution in [0.5, 0.6) is 0 Å². The van der Waals surface area contributed by atoms with E-state index in [1.807, 2.05) is 38.1 Å². The van der Waals surface area contributed by atoms with Gasteiger partial charge < -0.3 is 9.69 Å². The summed E-state index contributed by atoms with van der Waals surface area (Å²) in [6, 6.07) is 11.1. The molecule has 1 atom stereocenters. The van der Waals surface area contributed by atoms with Gasteiger partial charge in [-0.15, -0.1) is 0 Å². The molecule has 5 heteroatoms. The fraction of sp³-hybridized carbons (Fsp3) is 0.300. The maximum absolute atomic E-state index is 12.7. The molecule has 0 unspecified atom stereocenters.